The zero-order valence-electron chi connectivity index (χ0n) is 13.0. The van der Waals surface area contributed by atoms with E-state index in [0.29, 0.717) is 25.9 Å². The number of rotatable bonds is 3. The van der Waals surface area contributed by atoms with Gasteiger partial charge in [0.25, 0.3) is 5.91 Å². The van der Waals surface area contributed by atoms with Gasteiger partial charge in [-0.1, -0.05) is 0 Å². The molecule has 1 aliphatic heterocycles. The van der Waals surface area contributed by atoms with Crippen molar-refractivity contribution in [1.29, 1.82) is 0 Å². The van der Waals surface area contributed by atoms with Crippen molar-refractivity contribution >= 4 is 27.3 Å². The van der Waals surface area contributed by atoms with E-state index in [1.165, 1.54) is 27.4 Å². The zero-order valence-corrected chi connectivity index (χ0v) is 14.7. The molecule has 0 radical (unpaired) electrons. The summed E-state index contributed by atoms with van der Waals surface area (Å²) in [5.74, 6) is 0.111. The Kier molecular flexibility index (Phi) is 4.31. The van der Waals surface area contributed by atoms with Crippen LogP contribution in [0, 0.1) is 0 Å². The predicted molar refractivity (Wildman–Crippen MR) is 87.9 cm³/mol. The van der Waals surface area contributed by atoms with Gasteiger partial charge >= 0.3 is 0 Å². The first kappa shape index (κ1) is 16.0. The first-order valence-electron chi connectivity index (χ1n) is 7.70. The molecule has 1 aliphatic carbocycles. The van der Waals surface area contributed by atoms with Gasteiger partial charge in [0.05, 0.1) is 11.1 Å². The number of sulfonamides is 1. The van der Waals surface area contributed by atoms with Crippen LogP contribution in [0.1, 0.15) is 39.4 Å². The second kappa shape index (κ2) is 5.94. The fraction of sp³-hybridized carbons (Fsp3) is 0.667. The largest absolute Gasteiger partial charge is 0.338 e. The summed E-state index contributed by atoms with van der Waals surface area (Å²) in [4.78, 5) is 16.7. The van der Waals surface area contributed by atoms with Crippen molar-refractivity contribution in [2.24, 2.45) is 0 Å². The van der Waals surface area contributed by atoms with Crippen LogP contribution in [0.3, 0.4) is 0 Å². The van der Waals surface area contributed by atoms with Crippen molar-refractivity contribution in [3.8, 4) is 0 Å². The van der Waals surface area contributed by atoms with E-state index in [0.717, 1.165) is 17.7 Å². The minimum Gasteiger partial charge on any atom is -0.338 e. The van der Waals surface area contributed by atoms with Crippen LogP contribution in [0.25, 0.3) is 0 Å². The maximum Gasteiger partial charge on any atom is 0.263 e. The molecule has 2 heterocycles. The average Bonchev–Trinajstić information content (AvgIpc) is 3.06. The molecule has 0 unspecified atom stereocenters. The molecule has 0 aromatic carbocycles. The molecule has 0 N–H and O–H groups in total. The van der Waals surface area contributed by atoms with E-state index in [1.807, 2.05) is 4.90 Å². The van der Waals surface area contributed by atoms with Gasteiger partial charge < -0.3 is 4.90 Å². The zero-order chi connectivity index (χ0) is 15.9. The van der Waals surface area contributed by atoms with Crippen molar-refractivity contribution in [2.75, 3.05) is 26.4 Å². The number of hydrogen-bond donors (Lipinski definition) is 0. The number of carbonyl (C=O) groups excluding carboxylic acids is 1. The molecule has 1 fully saturated rings. The minimum atomic E-state index is -3.16. The van der Waals surface area contributed by atoms with Gasteiger partial charge in [0.2, 0.25) is 10.0 Å². The van der Waals surface area contributed by atoms with E-state index in [4.69, 9.17) is 0 Å². The molecule has 1 aromatic rings. The van der Waals surface area contributed by atoms with Gasteiger partial charge in [-0.15, -0.1) is 11.3 Å². The minimum absolute atomic E-state index is 0.00684. The van der Waals surface area contributed by atoms with Gasteiger partial charge in [0, 0.05) is 31.1 Å². The highest BCUT2D eigenvalue weighted by molar-refractivity contribution is 7.88. The number of likely N-dealkylation sites (tertiary alicyclic amines) is 1. The van der Waals surface area contributed by atoms with E-state index in [-0.39, 0.29) is 11.9 Å². The lowest BCUT2D eigenvalue weighted by atomic mass is 10.1. The maximum absolute atomic E-state index is 12.6. The lowest BCUT2D eigenvalue weighted by Crippen LogP contribution is -2.46. The fourth-order valence-electron chi connectivity index (χ4n) is 3.29. The Balaban J connectivity index is 1.62. The molecule has 0 atom stereocenters. The number of amides is 1. The normalized spacial score (nSPS) is 19.7. The van der Waals surface area contributed by atoms with Crippen molar-refractivity contribution in [2.45, 2.75) is 38.1 Å². The van der Waals surface area contributed by atoms with Crippen LogP contribution in [-0.4, -0.2) is 56.0 Å². The number of aryl methyl sites for hydroxylation is 2. The monoisotopic (exact) mass is 342 g/mol. The second-order valence-corrected chi connectivity index (χ2v) is 9.39. The van der Waals surface area contributed by atoms with Crippen LogP contribution in [-0.2, 0) is 22.9 Å². The summed E-state index contributed by atoms with van der Waals surface area (Å²) in [5, 5.41) is 0. The second-order valence-electron chi connectivity index (χ2n) is 6.22. The summed E-state index contributed by atoms with van der Waals surface area (Å²) in [5.41, 5.74) is 1.35. The summed E-state index contributed by atoms with van der Waals surface area (Å²) < 4.78 is 24.6. The summed E-state index contributed by atoms with van der Waals surface area (Å²) in [6.45, 7) is 1.26. The molecule has 22 heavy (non-hydrogen) atoms. The van der Waals surface area contributed by atoms with Gasteiger partial charge in [0.1, 0.15) is 0 Å². The third-order valence-electron chi connectivity index (χ3n) is 4.75. The van der Waals surface area contributed by atoms with Crippen molar-refractivity contribution in [3.05, 3.63) is 21.4 Å². The average molecular weight is 342 g/mol. The Hall–Kier alpha value is -0.920. The summed E-state index contributed by atoms with van der Waals surface area (Å²) in [6, 6.07) is 2.07. The summed E-state index contributed by atoms with van der Waals surface area (Å²) in [6.07, 6.45) is 6.06. The van der Waals surface area contributed by atoms with E-state index in [1.54, 1.807) is 18.4 Å². The van der Waals surface area contributed by atoms with Crippen LogP contribution in [0.5, 0.6) is 0 Å². The van der Waals surface area contributed by atoms with Gasteiger partial charge in [0.15, 0.2) is 0 Å². The van der Waals surface area contributed by atoms with E-state index in [2.05, 4.69) is 6.07 Å². The van der Waals surface area contributed by atoms with E-state index in [9.17, 15) is 13.2 Å². The molecule has 0 bridgehead atoms. The van der Waals surface area contributed by atoms with E-state index >= 15 is 0 Å². The van der Waals surface area contributed by atoms with Gasteiger partial charge in [-0.25, -0.2) is 12.7 Å². The molecule has 122 valence electrons. The molecule has 3 rings (SSSR count). The van der Waals surface area contributed by atoms with Crippen molar-refractivity contribution < 1.29 is 13.2 Å². The Bertz CT molecular complexity index is 651. The third-order valence-corrected chi connectivity index (χ3v) is 7.32. The highest BCUT2D eigenvalue weighted by Gasteiger charge is 2.30. The highest BCUT2D eigenvalue weighted by atomic mass is 32.2. The van der Waals surface area contributed by atoms with E-state index < -0.39 is 10.0 Å². The Morgan fingerprint density at radius 3 is 2.59 bits per heavy atom. The third kappa shape index (κ3) is 3.07. The molecule has 1 amide bonds. The standard InChI is InChI=1S/C15H22N2O3S2/c1-16(22(2,19)20)12-6-8-17(9-7-12)15(18)14-10-11-4-3-5-13(11)21-14/h10,12H,3-9H2,1-2H3. The number of thiophene rings is 1. The molecular weight excluding hydrogens is 320 g/mol. The molecule has 0 saturated carbocycles. The Morgan fingerprint density at radius 1 is 1.32 bits per heavy atom. The van der Waals surface area contributed by atoms with Crippen LogP contribution in [0.4, 0.5) is 0 Å². The quantitative estimate of drug-likeness (QED) is 0.841. The maximum atomic E-state index is 12.6. The van der Waals surface area contributed by atoms with Gasteiger partial charge in [-0.2, -0.15) is 0 Å². The van der Waals surface area contributed by atoms with Crippen LogP contribution < -0.4 is 0 Å². The molecule has 0 spiro atoms. The first-order valence-corrected chi connectivity index (χ1v) is 10.4. The number of hydrogen-bond acceptors (Lipinski definition) is 4. The lowest BCUT2D eigenvalue weighted by molar-refractivity contribution is 0.0691. The summed E-state index contributed by atoms with van der Waals surface area (Å²) >= 11 is 1.64. The number of nitrogens with zero attached hydrogens (tertiary/aromatic N) is 2. The molecule has 1 saturated heterocycles. The topological polar surface area (TPSA) is 57.7 Å². The molecular formula is C15H22N2O3S2. The first-order chi connectivity index (χ1) is 10.4. The lowest BCUT2D eigenvalue weighted by Gasteiger charge is -2.35. The van der Waals surface area contributed by atoms with Gasteiger partial charge in [-0.3, -0.25) is 4.79 Å². The number of carbonyl (C=O) groups is 1. The van der Waals surface area contributed by atoms with Crippen LogP contribution >= 0.6 is 11.3 Å². The number of piperidine rings is 1. The SMILES string of the molecule is CN(C1CCN(C(=O)c2cc3c(s2)CCC3)CC1)S(C)(=O)=O. The van der Waals surface area contributed by atoms with Crippen LogP contribution in [0.2, 0.25) is 0 Å². The van der Waals surface area contributed by atoms with Crippen molar-refractivity contribution in [3.63, 3.8) is 0 Å². The molecule has 1 aromatic heterocycles. The predicted octanol–water partition coefficient (Wildman–Crippen LogP) is 1.73. The molecule has 7 heteroatoms. The smallest absolute Gasteiger partial charge is 0.263 e. The Morgan fingerprint density at radius 2 is 2.00 bits per heavy atom. The highest BCUT2D eigenvalue weighted by Crippen LogP contribution is 2.31. The fourth-order valence-corrected chi connectivity index (χ4v) is 5.27. The Labute approximate surface area is 136 Å². The molecule has 5 nitrogen and oxygen atoms in total. The summed E-state index contributed by atoms with van der Waals surface area (Å²) in [7, 11) is -1.53. The van der Waals surface area contributed by atoms with Gasteiger partial charge in [-0.05, 0) is 43.7 Å². The van der Waals surface area contributed by atoms with Crippen LogP contribution in [0.15, 0.2) is 6.07 Å². The van der Waals surface area contributed by atoms with Crippen molar-refractivity contribution in [1.82, 2.24) is 9.21 Å². The number of fused-ring (bicyclic) bond motifs is 1. The molecule has 2 aliphatic rings.